The van der Waals surface area contributed by atoms with Gasteiger partial charge < -0.3 is 10.2 Å². The molecule has 0 aromatic heterocycles. The van der Waals surface area contributed by atoms with Gasteiger partial charge in [-0.15, -0.1) is 0 Å². The van der Waals surface area contributed by atoms with Crippen molar-refractivity contribution < 1.29 is 28.2 Å². The van der Waals surface area contributed by atoms with Crippen molar-refractivity contribution in [3.63, 3.8) is 0 Å². The predicted molar refractivity (Wildman–Crippen MR) is 54.4 cm³/mol. The molecule has 100 valence electrons. The maximum absolute atomic E-state index is 12.6. The Bertz CT molecular complexity index is 312. The second-order valence-electron chi connectivity index (χ2n) is 5.30. The Morgan fingerprint density at radius 2 is 1.88 bits per heavy atom. The van der Waals surface area contributed by atoms with Crippen molar-refractivity contribution in [2.75, 3.05) is 0 Å². The molecule has 0 aromatic rings. The van der Waals surface area contributed by atoms with Crippen LogP contribution >= 0.6 is 0 Å². The van der Waals surface area contributed by atoms with Gasteiger partial charge in [-0.3, -0.25) is 4.79 Å². The van der Waals surface area contributed by atoms with E-state index in [-0.39, 0.29) is 19.3 Å². The Kier molecular flexibility index (Phi) is 3.49. The van der Waals surface area contributed by atoms with Crippen molar-refractivity contribution in [3.8, 4) is 0 Å². The third-order valence-electron chi connectivity index (χ3n) is 3.89. The average molecular weight is 254 g/mol. The Labute approximate surface area is 97.6 Å². The van der Waals surface area contributed by atoms with Crippen molar-refractivity contribution in [1.82, 2.24) is 0 Å². The molecule has 17 heavy (non-hydrogen) atoms. The molecule has 0 saturated heterocycles. The van der Waals surface area contributed by atoms with Crippen LogP contribution in [-0.4, -0.2) is 28.0 Å². The Balaban J connectivity index is 2.95. The van der Waals surface area contributed by atoms with Crippen LogP contribution in [0.4, 0.5) is 13.2 Å². The molecule has 1 saturated carbocycles. The number of hydrogen-bond acceptors (Lipinski definition) is 2. The lowest BCUT2D eigenvalue weighted by Crippen LogP contribution is -2.53. The van der Waals surface area contributed by atoms with E-state index in [1.54, 1.807) is 0 Å². The molecule has 1 aliphatic rings. The molecular formula is C11H17F3O3. The molecule has 1 fully saturated rings. The lowest BCUT2D eigenvalue weighted by Gasteiger charge is -2.45. The minimum absolute atomic E-state index is 0.0402. The van der Waals surface area contributed by atoms with E-state index in [4.69, 9.17) is 5.11 Å². The van der Waals surface area contributed by atoms with Gasteiger partial charge in [0, 0.05) is 0 Å². The summed E-state index contributed by atoms with van der Waals surface area (Å²) in [5.74, 6) is -2.89. The number of aliphatic hydroxyl groups is 1. The van der Waals surface area contributed by atoms with Crippen LogP contribution < -0.4 is 0 Å². The van der Waals surface area contributed by atoms with E-state index in [1.807, 2.05) is 0 Å². The number of carbonyl (C=O) groups is 1. The number of carboxylic acid groups (broad SMARTS) is 1. The van der Waals surface area contributed by atoms with Crippen molar-refractivity contribution >= 4 is 5.97 Å². The molecule has 0 bridgehead atoms. The highest BCUT2D eigenvalue weighted by Gasteiger charge is 2.55. The maximum Gasteiger partial charge on any atom is 0.391 e. The number of rotatable bonds is 2. The Hall–Kier alpha value is -0.780. The first-order valence-electron chi connectivity index (χ1n) is 5.53. The smallest absolute Gasteiger partial charge is 0.391 e. The van der Waals surface area contributed by atoms with Gasteiger partial charge in [0.25, 0.3) is 0 Å². The molecule has 2 atom stereocenters. The van der Waals surface area contributed by atoms with Crippen LogP contribution in [-0.2, 0) is 4.79 Å². The second-order valence-corrected chi connectivity index (χ2v) is 5.30. The standard InChI is InChI=1S/C11H17F3O3/c1-9(2,8(15)16)10(17)5-3-4-7(6-10)11(12,13)14/h7,17H,3-6H2,1-2H3,(H,15,16). The van der Waals surface area contributed by atoms with Gasteiger partial charge in [-0.05, 0) is 39.5 Å². The zero-order valence-electron chi connectivity index (χ0n) is 9.84. The van der Waals surface area contributed by atoms with E-state index in [2.05, 4.69) is 0 Å². The lowest BCUT2D eigenvalue weighted by molar-refractivity contribution is -0.218. The fourth-order valence-electron chi connectivity index (χ4n) is 2.30. The molecule has 0 radical (unpaired) electrons. The monoisotopic (exact) mass is 254 g/mol. The largest absolute Gasteiger partial charge is 0.481 e. The molecule has 0 amide bonds. The molecule has 1 aliphatic carbocycles. The zero-order valence-corrected chi connectivity index (χ0v) is 9.84. The number of carboxylic acids is 1. The quantitative estimate of drug-likeness (QED) is 0.796. The normalized spacial score (nSPS) is 31.3. The number of alkyl halides is 3. The molecule has 0 spiro atoms. The van der Waals surface area contributed by atoms with Crippen LogP contribution in [0, 0.1) is 11.3 Å². The molecule has 0 aromatic carbocycles. The maximum atomic E-state index is 12.6. The molecule has 0 heterocycles. The topological polar surface area (TPSA) is 57.5 Å². The number of hydrogen-bond donors (Lipinski definition) is 2. The van der Waals surface area contributed by atoms with Crippen LogP contribution in [0.5, 0.6) is 0 Å². The van der Waals surface area contributed by atoms with Gasteiger partial charge in [-0.25, -0.2) is 0 Å². The summed E-state index contributed by atoms with van der Waals surface area (Å²) >= 11 is 0. The highest BCUT2D eigenvalue weighted by Crippen LogP contribution is 2.48. The van der Waals surface area contributed by atoms with Gasteiger partial charge >= 0.3 is 12.1 Å². The first-order valence-corrected chi connectivity index (χ1v) is 5.53. The van der Waals surface area contributed by atoms with Gasteiger partial charge in [0.15, 0.2) is 0 Å². The van der Waals surface area contributed by atoms with E-state index in [0.29, 0.717) is 0 Å². The van der Waals surface area contributed by atoms with Crippen LogP contribution in [0.1, 0.15) is 39.5 Å². The summed E-state index contributed by atoms with van der Waals surface area (Å²) < 4.78 is 37.8. The lowest BCUT2D eigenvalue weighted by atomic mass is 9.64. The van der Waals surface area contributed by atoms with Crippen LogP contribution in [0.25, 0.3) is 0 Å². The fraction of sp³-hybridized carbons (Fsp3) is 0.909. The molecule has 0 aliphatic heterocycles. The first-order chi connectivity index (χ1) is 7.51. The van der Waals surface area contributed by atoms with Gasteiger partial charge in [-0.1, -0.05) is 0 Å². The third kappa shape index (κ3) is 2.56. The first kappa shape index (κ1) is 14.3. The van der Waals surface area contributed by atoms with E-state index in [1.165, 1.54) is 13.8 Å². The van der Waals surface area contributed by atoms with Crippen LogP contribution in [0.15, 0.2) is 0 Å². The molecule has 6 heteroatoms. The van der Waals surface area contributed by atoms with Gasteiger partial charge in [0.1, 0.15) is 0 Å². The molecular weight excluding hydrogens is 237 g/mol. The average Bonchev–Trinajstić information content (AvgIpc) is 2.16. The van der Waals surface area contributed by atoms with Crippen LogP contribution in [0.3, 0.4) is 0 Å². The third-order valence-corrected chi connectivity index (χ3v) is 3.89. The minimum atomic E-state index is -4.37. The number of halogens is 3. The summed E-state index contributed by atoms with van der Waals surface area (Å²) in [5.41, 5.74) is -3.37. The van der Waals surface area contributed by atoms with E-state index in [9.17, 15) is 23.1 Å². The number of aliphatic carboxylic acids is 1. The Morgan fingerprint density at radius 1 is 1.35 bits per heavy atom. The van der Waals surface area contributed by atoms with Crippen LogP contribution in [0.2, 0.25) is 0 Å². The predicted octanol–water partition coefficient (Wildman–Crippen LogP) is 2.58. The minimum Gasteiger partial charge on any atom is -0.481 e. The Morgan fingerprint density at radius 3 is 2.29 bits per heavy atom. The molecule has 2 unspecified atom stereocenters. The summed E-state index contributed by atoms with van der Waals surface area (Å²) in [6, 6.07) is 0. The van der Waals surface area contributed by atoms with E-state index < -0.39 is 35.5 Å². The summed E-state index contributed by atoms with van der Waals surface area (Å²) in [6.45, 7) is 2.54. The summed E-state index contributed by atoms with van der Waals surface area (Å²) in [6.07, 6.45) is -4.66. The summed E-state index contributed by atoms with van der Waals surface area (Å²) in [7, 11) is 0. The van der Waals surface area contributed by atoms with Gasteiger partial charge in [0.05, 0.1) is 16.9 Å². The van der Waals surface area contributed by atoms with Crippen molar-refractivity contribution in [2.45, 2.75) is 51.3 Å². The molecule has 3 nitrogen and oxygen atoms in total. The van der Waals surface area contributed by atoms with E-state index in [0.717, 1.165) is 0 Å². The molecule has 1 rings (SSSR count). The highest BCUT2D eigenvalue weighted by molar-refractivity contribution is 5.75. The summed E-state index contributed by atoms with van der Waals surface area (Å²) in [5, 5.41) is 19.2. The second kappa shape index (κ2) is 4.15. The van der Waals surface area contributed by atoms with Crippen molar-refractivity contribution in [1.29, 1.82) is 0 Å². The fourth-order valence-corrected chi connectivity index (χ4v) is 2.30. The highest BCUT2D eigenvalue weighted by atomic mass is 19.4. The zero-order chi connectivity index (χ0) is 13.5. The SMILES string of the molecule is CC(C)(C(=O)O)C1(O)CCCC(C(F)(F)F)C1. The van der Waals surface area contributed by atoms with Crippen molar-refractivity contribution in [2.24, 2.45) is 11.3 Å². The van der Waals surface area contributed by atoms with Crippen molar-refractivity contribution in [3.05, 3.63) is 0 Å². The van der Waals surface area contributed by atoms with Gasteiger partial charge in [-0.2, -0.15) is 13.2 Å². The van der Waals surface area contributed by atoms with E-state index >= 15 is 0 Å². The summed E-state index contributed by atoms with van der Waals surface area (Å²) in [4.78, 5) is 11.0. The van der Waals surface area contributed by atoms with Gasteiger partial charge in [0.2, 0.25) is 0 Å². The molecule has 2 N–H and O–H groups in total.